The molecule has 2 N–H and O–H groups in total. The van der Waals surface area contributed by atoms with Gasteiger partial charge in [0.1, 0.15) is 5.82 Å². The van der Waals surface area contributed by atoms with Crippen LogP contribution in [0.3, 0.4) is 0 Å². The molecule has 1 aliphatic rings. The van der Waals surface area contributed by atoms with Crippen molar-refractivity contribution in [1.29, 1.82) is 0 Å². The molecule has 1 heterocycles. The summed E-state index contributed by atoms with van der Waals surface area (Å²) >= 11 is 0. The number of hydrogen-bond donors (Lipinski definition) is 1. The Morgan fingerprint density at radius 1 is 1.45 bits per heavy atom. The highest BCUT2D eigenvalue weighted by Gasteiger charge is 2.26. The number of halogens is 1. The van der Waals surface area contributed by atoms with Gasteiger partial charge < -0.3 is 15.4 Å². The van der Waals surface area contributed by atoms with Crippen LogP contribution in [0.15, 0.2) is 24.3 Å². The highest BCUT2D eigenvalue weighted by Crippen LogP contribution is 2.25. The van der Waals surface area contributed by atoms with Gasteiger partial charge in [0.2, 0.25) is 0 Å². The van der Waals surface area contributed by atoms with E-state index in [9.17, 15) is 4.39 Å². The van der Waals surface area contributed by atoms with E-state index < -0.39 is 0 Å². The van der Waals surface area contributed by atoms with Crippen LogP contribution in [0.5, 0.6) is 0 Å². The molecule has 3 unspecified atom stereocenters. The number of likely N-dealkylation sites (tertiary alicyclic amines) is 1. The molecular weight excluding hydrogens is 255 g/mol. The van der Waals surface area contributed by atoms with Gasteiger partial charge in [-0.15, -0.1) is 0 Å². The van der Waals surface area contributed by atoms with E-state index in [2.05, 4.69) is 11.8 Å². The van der Waals surface area contributed by atoms with Gasteiger partial charge in [-0.25, -0.2) is 4.39 Å². The summed E-state index contributed by atoms with van der Waals surface area (Å²) in [6.07, 6.45) is 1.18. The van der Waals surface area contributed by atoms with Crippen molar-refractivity contribution in [2.24, 2.45) is 17.6 Å². The lowest BCUT2D eigenvalue weighted by atomic mass is 9.94. The molecule has 1 aromatic rings. The minimum atomic E-state index is -0.252. The molecular formula is C16H25FN2O. The fourth-order valence-corrected chi connectivity index (χ4v) is 3.02. The molecule has 0 aliphatic carbocycles. The van der Waals surface area contributed by atoms with E-state index in [1.165, 1.54) is 12.5 Å². The van der Waals surface area contributed by atoms with Crippen LogP contribution >= 0.6 is 0 Å². The Balaban J connectivity index is 1.89. The average Bonchev–Trinajstić information content (AvgIpc) is 2.86. The molecule has 1 aliphatic heterocycles. The molecule has 1 saturated heterocycles. The van der Waals surface area contributed by atoms with Gasteiger partial charge in [0.05, 0.1) is 6.61 Å². The molecule has 0 amide bonds. The molecule has 112 valence electrons. The zero-order valence-electron chi connectivity index (χ0n) is 12.4. The van der Waals surface area contributed by atoms with Crippen molar-refractivity contribution in [1.82, 2.24) is 4.90 Å². The van der Waals surface area contributed by atoms with E-state index in [0.29, 0.717) is 11.5 Å². The molecule has 0 spiro atoms. The quantitative estimate of drug-likeness (QED) is 0.870. The zero-order valence-corrected chi connectivity index (χ0v) is 12.4. The summed E-state index contributed by atoms with van der Waals surface area (Å²) in [5.74, 6) is 0.649. The minimum absolute atomic E-state index is 0.203. The van der Waals surface area contributed by atoms with E-state index in [1.807, 2.05) is 6.07 Å². The third-order valence-corrected chi connectivity index (χ3v) is 4.20. The predicted octanol–water partition coefficient (Wildman–Crippen LogP) is 2.43. The standard InChI is InChI=1S/C16H25FN2O/c1-12(9-19-8-7-13(10-19)11-20-2)16(18)14-5-3-4-6-15(14)17/h3-6,12-13,16H,7-11,18H2,1-2H3. The first-order valence-corrected chi connectivity index (χ1v) is 7.33. The van der Waals surface area contributed by atoms with Crippen molar-refractivity contribution in [3.8, 4) is 0 Å². The molecule has 1 aromatic carbocycles. The second kappa shape index (κ2) is 7.16. The van der Waals surface area contributed by atoms with E-state index >= 15 is 0 Å². The molecule has 1 fully saturated rings. The molecule has 0 radical (unpaired) electrons. The van der Waals surface area contributed by atoms with E-state index in [0.717, 1.165) is 26.2 Å². The molecule has 0 saturated carbocycles. The van der Waals surface area contributed by atoms with E-state index in [-0.39, 0.29) is 17.8 Å². The van der Waals surface area contributed by atoms with Crippen LogP contribution in [-0.4, -0.2) is 38.3 Å². The Morgan fingerprint density at radius 2 is 2.20 bits per heavy atom. The summed E-state index contributed by atoms with van der Waals surface area (Å²) in [6.45, 7) is 5.98. The lowest BCUT2D eigenvalue weighted by Crippen LogP contribution is -2.33. The second-order valence-corrected chi connectivity index (χ2v) is 5.89. The maximum atomic E-state index is 13.8. The Kier molecular flexibility index (Phi) is 5.52. The number of nitrogens with zero attached hydrogens (tertiary/aromatic N) is 1. The van der Waals surface area contributed by atoms with E-state index in [4.69, 9.17) is 10.5 Å². The molecule has 2 rings (SSSR count). The monoisotopic (exact) mass is 280 g/mol. The summed E-state index contributed by atoms with van der Waals surface area (Å²) in [6, 6.07) is 6.56. The SMILES string of the molecule is COCC1CCN(CC(C)C(N)c2ccccc2F)C1. The van der Waals surface area contributed by atoms with Crippen LogP contribution in [0.1, 0.15) is 24.9 Å². The Hall–Kier alpha value is -0.970. The van der Waals surface area contributed by atoms with Gasteiger partial charge in [-0.1, -0.05) is 25.1 Å². The summed E-state index contributed by atoms with van der Waals surface area (Å²) in [4.78, 5) is 2.41. The van der Waals surface area contributed by atoms with E-state index in [1.54, 1.807) is 19.2 Å². The number of ether oxygens (including phenoxy) is 1. The van der Waals surface area contributed by atoms with Crippen molar-refractivity contribution in [2.45, 2.75) is 19.4 Å². The van der Waals surface area contributed by atoms with Gasteiger partial charge in [-0.3, -0.25) is 0 Å². The molecule has 20 heavy (non-hydrogen) atoms. The maximum absolute atomic E-state index is 13.8. The van der Waals surface area contributed by atoms with Crippen LogP contribution in [0.2, 0.25) is 0 Å². The highest BCUT2D eigenvalue weighted by molar-refractivity contribution is 5.21. The normalized spacial score (nSPS) is 22.9. The number of benzene rings is 1. The van der Waals surface area contributed by atoms with Crippen molar-refractivity contribution >= 4 is 0 Å². The van der Waals surface area contributed by atoms with Crippen LogP contribution in [0, 0.1) is 17.7 Å². The van der Waals surface area contributed by atoms with Gasteiger partial charge in [0.15, 0.2) is 0 Å². The van der Waals surface area contributed by atoms with Crippen LogP contribution < -0.4 is 5.73 Å². The largest absolute Gasteiger partial charge is 0.384 e. The fourth-order valence-electron chi connectivity index (χ4n) is 3.02. The van der Waals surface area contributed by atoms with Crippen molar-refractivity contribution in [3.63, 3.8) is 0 Å². The minimum Gasteiger partial charge on any atom is -0.384 e. The zero-order chi connectivity index (χ0) is 14.5. The molecule has 3 atom stereocenters. The van der Waals surface area contributed by atoms with Gasteiger partial charge >= 0.3 is 0 Å². The first-order chi connectivity index (χ1) is 9.61. The third-order valence-electron chi connectivity index (χ3n) is 4.20. The maximum Gasteiger partial charge on any atom is 0.127 e. The van der Waals surface area contributed by atoms with Crippen molar-refractivity contribution in [3.05, 3.63) is 35.6 Å². The Bertz CT molecular complexity index is 427. The van der Waals surface area contributed by atoms with Crippen LogP contribution in [0.25, 0.3) is 0 Å². The Labute approximate surface area is 120 Å². The smallest absolute Gasteiger partial charge is 0.127 e. The first kappa shape index (κ1) is 15.4. The molecule has 0 bridgehead atoms. The summed E-state index contributed by atoms with van der Waals surface area (Å²) in [5.41, 5.74) is 6.84. The van der Waals surface area contributed by atoms with Crippen molar-refractivity contribution < 1.29 is 9.13 Å². The number of hydrogen-bond acceptors (Lipinski definition) is 3. The molecule has 0 aromatic heterocycles. The fraction of sp³-hybridized carbons (Fsp3) is 0.625. The van der Waals surface area contributed by atoms with Crippen LogP contribution in [0.4, 0.5) is 4.39 Å². The van der Waals surface area contributed by atoms with Gasteiger partial charge in [-0.05, 0) is 30.9 Å². The topological polar surface area (TPSA) is 38.5 Å². The number of methoxy groups -OCH3 is 1. The van der Waals surface area contributed by atoms with Crippen LogP contribution in [-0.2, 0) is 4.74 Å². The van der Waals surface area contributed by atoms with Gasteiger partial charge in [0, 0.05) is 31.8 Å². The van der Waals surface area contributed by atoms with Gasteiger partial charge in [0.25, 0.3) is 0 Å². The lowest BCUT2D eigenvalue weighted by molar-refractivity contribution is 0.150. The number of nitrogens with two attached hydrogens (primary N) is 1. The highest BCUT2D eigenvalue weighted by atomic mass is 19.1. The Morgan fingerprint density at radius 3 is 2.90 bits per heavy atom. The summed E-state index contributed by atoms with van der Waals surface area (Å²) < 4.78 is 19.0. The second-order valence-electron chi connectivity index (χ2n) is 5.89. The van der Waals surface area contributed by atoms with Gasteiger partial charge in [-0.2, -0.15) is 0 Å². The first-order valence-electron chi connectivity index (χ1n) is 7.33. The lowest BCUT2D eigenvalue weighted by Gasteiger charge is -2.26. The molecule has 4 heteroatoms. The third kappa shape index (κ3) is 3.78. The van der Waals surface area contributed by atoms with Crippen molar-refractivity contribution in [2.75, 3.05) is 33.4 Å². The average molecular weight is 280 g/mol. The summed E-state index contributed by atoms with van der Waals surface area (Å²) in [7, 11) is 1.75. The summed E-state index contributed by atoms with van der Waals surface area (Å²) in [5, 5.41) is 0. The number of rotatable bonds is 6. The predicted molar refractivity (Wildman–Crippen MR) is 78.9 cm³/mol. The molecule has 3 nitrogen and oxygen atoms in total.